The Kier molecular flexibility index (Phi) is 3.93. The van der Waals surface area contributed by atoms with Crippen LogP contribution in [0.4, 0.5) is 11.4 Å². The highest BCUT2D eigenvalue weighted by atomic mass is 16.5. The zero-order chi connectivity index (χ0) is 11.3. The van der Waals surface area contributed by atoms with Crippen molar-refractivity contribution in [1.29, 1.82) is 0 Å². The summed E-state index contributed by atoms with van der Waals surface area (Å²) in [7, 11) is 1.61. The Labute approximate surface area is 88.4 Å². The van der Waals surface area contributed by atoms with Crippen LogP contribution in [0, 0.1) is 0 Å². The molecule has 1 aromatic carbocycles. The zero-order valence-corrected chi connectivity index (χ0v) is 8.62. The summed E-state index contributed by atoms with van der Waals surface area (Å²) in [6, 6.07) is 4.99. The molecule has 0 bridgehead atoms. The summed E-state index contributed by atoms with van der Waals surface area (Å²) in [4.78, 5) is 11.1. The second-order valence-electron chi connectivity index (χ2n) is 3.09. The minimum absolute atomic E-state index is 0.395. The molecule has 0 saturated carbocycles. The van der Waals surface area contributed by atoms with Crippen molar-refractivity contribution in [1.82, 2.24) is 0 Å². The Morgan fingerprint density at radius 3 is 2.87 bits per heavy atom. The molecule has 0 unspecified atom stereocenters. The third kappa shape index (κ3) is 3.14. The molecule has 1 rings (SSSR count). The summed E-state index contributed by atoms with van der Waals surface area (Å²) >= 11 is 0. The average molecular weight is 209 g/mol. The van der Waals surface area contributed by atoms with Gasteiger partial charge in [0.25, 0.3) is 5.91 Å². The molecule has 0 saturated heterocycles. The number of benzene rings is 1. The van der Waals surface area contributed by atoms with E-state index < -0.39 is 5.91 Å². The summed E-state index contributed by atoms with van der Waals surface area (Å²) in [6.07, 6.45) is 0. The number of carbonyl (C=O) groups excluding carboxylic acids is 1. The van der Waals surface area contributed by atoms with E-state index in [1.165, 1.54) is 0 Å². The SMILES string of the molecule is COCCNc1ccc(N)cc1C(N)=O. The number of methoxy groups -OCH3 is 1. The zero-order valence-electron chi connectivity index (χ0n) is 8.62. The van der Waals surface area contributed by atoms with Crippen molar-refractivity contribution in [2.24, 2.45) is 5.73 Å². The molecule has 0 aliphatic heterocycles. The summed E-state index contributed by atoms with van der Waals surface area (Å²) < 4.78 is 4.88. The number of hydrogen-bond acceptors (Lipinski definition) is 4. The molecule has 5 N–H and O–H groups in total. The van der Waals surface area contributed by atoms with E-state index in [-0.39, 0.29) is 0 Å². The molecule has 1 amide bonds. The Morgan fingerprint density at radius 2 is 2.27 bits per heavy atom. The van der Waals surface area contributed by atoms with Crippen LogP contribution in [0.1, 0.15) is 10.4 Å². The fraction of sp³-hybridized carbons (Fsp3) is 0.300. The number of hydrogen-bond donors (Lipinski definition) is 3. The number of carbonyl (C=O) groups is 1. The highest BCUT2D eigenvalue weighted by molar-refractivity contribution is 5.99. The lowest BCUT2D eigenvalue weighted by atomic mass is 10.1. The highest BCUT2D eigenvalue weighted by Gasteiger charge is 2.07. The first-order valence-electron chi connectivity index (χ1n) is 4.57. The first kappa shape index (κ1) is 11.3. The van der Waals surface area contributed by atoms with Crippen molar-refractivity contribution < 1.29 is 9.53 Å². The van der Waals surface area contributed by atoms with E-state index in [2.05, 4.69) is 5.32 Å². The largest absolute Gasteiger partial charge is 0.399 e. The molecule has 0 atom stereocenters. The van der Waals surface area contributed by atoms with Gasteiger partial charge in [0.05, 0.1) is 12.2 Å². The number of amides is 1. The van der Waals surface area contributed by atoms with Crippen LogP contribution in [0.15, 0.2) is 18.2 Å². The van der Waals surface area contributed by atoms with Gasteiger partial charge in [-0.25, -0.2) is 0 Å². The van der Waals surface area contributed by atoms with E-state index in [4.69, 9.17) is 16.2 Å². The van der Waals surface area contributed by atoms with Crippen LogP contribution in [0.3, 0.4) is 0 Å². The summed E-state index contributed by atoms with van der Waals surface area (Å²) in [5.41, 5.74) is 12.4. The van der Waals surface area contributed by atoms with Gasteiger partial charge in [0.1, 0.15) is 0 Å². The van der Waals surface area contributed by atoms with Crippen molar-refractivity contribution in [2.75, 3.05) is 31.3 Å². The molecular formula is C10H15N3O2. The fourth-order valence-electron chi connectivity index (χ4n) is 1.21. The number of nitrogens with two attached hydrogens (primary N) is 2. The van der Waals surface area contributed by atoms with E-state index >= 15 is 0 Å². The Hall–Kier alpha value is -1.75. The third-order valence-electron chi connectivity index (χ3n) is 1.93. The Bertz CT molecular complexity index is 353. The van der Waals surface area contributed by atoms with Crippen molar-refractivity contribution in [3.63, 3.8) is 0 Å². The van der Waals surface area contributed by atoms with Gasteiger partial charge < -0.3 is 21.5 Å². The van der Waals surface area contributed by atoms with Crippen molar-refractivity contribution in [3.05, 3.63) is 23.8 Å². The lowest BCUT2D eigenvalue weighted by molar-refractivity contribution is 0.100. The fourth-order valence-corrected chi connectivity index (χ4v) is 1.21. The van der Waals surface area contributed by atoms with Crippen molar-refractivity contribution in [2.45, 2.75) is 0 Å². The monoisotopic (exact) mass is 209 g/mol. The van der Waals surface area contributed by atoms with Gasteiger partial charge in [0, 0.05) is 25.0 Å². The molecule has 5 heteroatoms. The molecule has 0 radical (unpaired) electrons. The van der Waals surface area contributed by atoms with Crippen LogP contribution in [0.5, 0.6) is 0 Å². The standard InChI is InChI=1S/C10H15N3O2/c1-15-5-4-13-9-3-2-7(11)6-8(9)10(12)14/h2-3,6,13H,4-5,11H2,1H3,(H2,12,14). The van der Waals surface area contributed by atoms with Crippen LogP contribution >= 0.6 is 0 Å². The smallest absolute Gasteiger partial charge is 0.250 e. The molecule has 0 spiro atoms. The van der Waals surface area contributed by atoms with Gasteiger partial charge in [-0.3, -0.25) is 4.79 Å². The summed E-state index contributed by atoms with van der Waals surface area (Å²) in [5.74, 6) is -0.498. The number of primary amides is 1. The van der Waals surface area contributed by atoms with E-state index in [0.717, 1.165) is 0 Å². The molecular weight excluding hydrogens is 194 g/mol. The first-order chi connectivity index (χ1) is 7.15. The Morgan fingerprint density at radius 1 is 1.53 bits per heavy atom. The lowest BCUT2D eigenvalue weighted by Crippen LogP contribution is -2.16. The number of nitrogens with one attached hydrogen (secondary N) is 1. The van der Waals surface area contributed by atoms with Crippen LogP contribution < -0.4 is 16.8 Å². The maximum atomic E-state index is 11.1. The summed E-state index contributed by atoms with van der Waals surface area (Å²) in [5, 5.41) is 3.04. The number of rotatable bonds is 5. The minimum Gasteiger partial charge on any atom is -0.399 e. The minimum atomic E-state index is -0.498. The van der Waals surface area contributed by atoms with Crippen molar-refractivity contribution in [3.8, 4) is 0 Å². The normalized spacial score (nSPS) is 9.93. The first-order valence-corrected chi connectivity index (χ1v) is 4.57. The van der Waals surface area contributed by atoms with Gasteiger partial charge in [0.2, 0.25) is 0 Å². The molecule has 82 valence electrons. The lowest BCUT2D eigenvalue weighted by Gasteiger charge is -2.10. The van der Waals surface area contributed by atoms with Gasteiger partial charge >= 0.3 is 0 Å². The van der Waals surface area contributed by atoms with Gasteiger partial charge in [-0.2, -0.15) is 0 Å². The third-order valence-corrected chi connectivity index (χ3v) is 1.93. The quantitative estimate of drug-likeness (QED) is 0.484. The topological polar surface area (TPSA) is 90.4 Å². The van der Waals surface area contributed by atoms with Crippen LogP contribution in [0.25, 0.3) is 0 Å². The maximum Gasteiger partial charge on any atom is 0.250 e. The Balaban J connectivity index is 2.81. The number of ether oxygens (including phenoxy) is 1. The van der Waals surface area contributed by atoms with E-state index in [1.807, 2.05) is 0 Å². The highest BCUT2D eigenvalue weighted by Crippen LogP contribution is 2.17. The molecule has 5 nitrogen and oxygen atoms in total. The van der Waals surface area contributed by atoms with Crippen molar-refractivity contribution >= 4 is 17.3 Å². The number of anilines is 2. The van der Waals surface area contributed by atoms with Crippen LogP contribution in [0.2, 0.25) is 0 Å². The molecule has 0 aromatic heterocycles. The predicted molar refractivity (Wildman–Crippen MR) is 59.7 cm³/mol. The molecule has 15 heavy (non-hydrogen) atoms. The van der Waals surface area contributed by atoms with Gasteiger partial charge in [-0.1, -0.05) is 0 Å². The number of nitrogen functional groups attached to an aromatic ring is 1. The van der Waals surface area contributed by atoms with E-state index in [0.29, 0.717) is 30.1 Å². The van der Waals surface area contributed by atoms with Crippen LogP contribution in [-0.4, -0.2) is 26.2 Å². The second-order valence-corrected chi connectivity index (χ2v) is 3.09. The van der Waals surface area contributed by atoms with Gasteiger partial charge in [-0.05, 0) is 18.2 Å². The second kappa shape index (κ2) is 5.21. The molecule has 0 aliphatic carbocycles. The molecule has 0 fully saturated rings. The summed E-state index contributed by atoms with van der Waals surface area (Å²) in [6.45, 7) is 1.17. The van der Waals surface area contributed by atoms with E-state index in [9.17, 15) is 4.79 Å². The maximum absolute atomic E-state index is 11.1. The molecule has 0 aliphatic rings. The predicted octanol–water partition coefficient (Wildman–Crippen LogP) is 0.426. The van der Waals surface area contributed by atoms with E-state index in [1.54, 1.807) is 25.3 Å². The van der Waals surface area contributed by atoms with Crippen LogP contribution in [-0.2, 0) is 4.74 Å². The molecule has 1 aromatic rings. The van der Waals surface area contributed by atoms with Gasteiger partial charge in [-0.15, -0.1) is 0 Å². The van der Waals surface area contributed by atoms with Gasteiger partial charge in [0.15, 0.2) is 0 Å². The molecule has 0 heterocycles. The average Bonchev–Trinajstić information content (AvgIpc) is 2.20.